The van der Waals surface area contributed by atoms with Crippen LogP contribution in [-0.2, 0) is 6.54 Å². The Hall–Kier alpha value is -2.37. The molecule has 0 bridgehead atoms. The van der Waals surface area contributed by atoms with Gasteiger partial charge in [0.15, 0.2) is 0 Å². The minimum absolute atomic E-state index is 0.0856. The zero-order valence-corrected chi connectivity index (χ0v) is 9.72. The van der Waals surface area contributed by atoms with Crippen LogP contribution in [0.1, 0.15) is 21.7 Å². The third-order valence-corrected chi connectivity index (χ3v) is 2.27. The zero-order valence-electron chi connectivity index (χ0n) is 9.72. The molecule has 2 aromatic rings. The molecule has 0 fully saturated rings. The van der Waals surface area contributed by atoms with E-state index in [-0.39, 0.29) is 12.1 Å². The maximum absolute atomic E-state index is 13.2. The van der Waals surface area contributed by atoms with Crippen molar-refractivity contribution in [2.45, 2.75) is 13.5 Å². The highest BCUT2D eigenvalue weighted by atomic mass is 19.1. The van der Waals surface area contributed by atoms with Crippen molar-refractivity contribution in [1.82, 2.24) is 20.3 Å². The van der Waals surface area contributed by atoms with Gasteiger partial charge in [-0.1, -0.05) is 0 Å². The minimum atomic E-state index is -0.787. The lowest BCUT2D eigenvalue weighted by atomic mass is 10.2. The molecule has 0 unspecified atom stereocenters. The normalized spacial score (nSPS) is 10.1. The summed E-state index contributed by atoms with van der Waals surface area (Å²) in [5.74, 6) is -1.31. The Morgan fingerprint density at radius 3 is 2.83 bits per heavy atom. The lowest BCUT2D eigenvalue weighted by Crippen LogP contribution is -2.24. The molecule has 0 saturated heterocycles. The number of amides is 1. The molecule has 1 N–H and O–H groups in total. The molecule has 0 aliphatic rings. The van der Waals surface area contributed by atoms with Crippen LogP contribution in [0.3, 0.4) is 0 Å². The zero-order chi connectivity index (χ0) is 13.0. The van der Waals surface area contributed by atoms with Gasteiger partial charge in [0.05, 0.1) is 29.7 Å². The maximum Gasteiger partial charge on any atom is 0.256 e. The van der Waals surface area contributed by atoms with Gasteiger partial charge < -0.3 is 5.32 Å². The van der Waals surface area contributed by atoms with Gasteiger partial charge in [0, 0.05) is 12.4 Å². The number of halogens is 1. The maximum atomic E-state index is 13.2. The fourth-order valence-electron chi connectivity index (χ4n) is 1.33. The van der Waals surface area contributed by atoms with Gasteiger partial charge in [0.1, 0.15) is 0 Å². The van der Waals surface area contributed by atoms with E-state index >= 15 is 0 Å². The van der Waals surface area contributed by atoms with Gasteiger partial charge in [-0.05, 0) is 19.1 Å². The van der Waals surface area contributed by atoms with Crippen LogP contribution in [0.15, 0.2) is 30.7 Å². The van der Waals surface area contributed by atoms with Crippen molar-refractivity contribution in [3.05, 3.63) is 53.6 Å². The highest BCUT2D eigenvalue weighted by Gasteiger charge is 2.11. The smallest absolute Gasteiger partial charge is 0.256 e. The number of nitrogens with zero attached hydrogens (tertiary/aromatic N) is 3. The van der Waals surface area contributed by atoms with E-state index in [0.29, 0.717) is 5.69 Å². The number of hydrogen-bond acceptors (Lipinski definition) is 4. The molecule has 18 heavy (non-hydrogen) atoms. The van der Waals surface area contributed by atoms with Gasteiger partial charge in [-0.25, -0.2) is 4.98 Å². The monoisotopic (exact) mass is 246 g/mol. The molecule has 1 amide bonds. The number of rotatable bonds is 3. The molecular formula is C12H11FN4O. The fourth-order valence-corrected chi connectivity index (χ4v) is 1.33. The average molecular weight is 246 g/mol. The van der Waals surface area contributed by atoms with Gasteiger partial charge in [0.25, 0.3) is 5.91 Å². The molecule has 2 heterocycles. The second-order valence-corrected chi connectivity index (χ2v) is 3.67. The van der Waals surface area contributed by atoms with Gasteiger partial charge in [-0.3, -0.25) is 14.8 Å². The first kappa shape index (κ1) is 12.1. The van der Waals surface area contributed by atoms with Crippen molar-refractivity contribution in [3.8, 4) is 0 Å². The van der Waals surface area contributed by atoms with Crippen LogP contribution in [0.2, 0.25) is 0 Å². The van der Waals surface area contributed by atoms with Crippen LogP contribution in [0.25, 0.3) is 0 Å². The van der Waals surface area contributed by atoms with E-state index in [0.717, 1.165) is 5.69 Å². The Labute approximate surface area is 103 Å². The number of nitrogens with one attached hydrogen (secondary N) is 1. The molecule has 6 heteroatoms. The summed E-state index contributed by atoms with van der Waals surface area (Å²) < 4.78 is 13.2. The summed E-state index contributed by atoms with van der Waals surface area (Å²) in [5, 5.41) is 2.55. The molecule has 0 aromatic carbocycles. The first-order valence-electron chi connectivity index (χ1n) is 5.33. The third kappa shape index (κ3) is 2.85. The fraction of sp³-hybridized carbons (Fsp3) is 0.167. The van der Waals surface area contributed by atoms with Gasteiger partial charge in [0.2, 0.25) is 5.95 Å². The number of pyridine rings is 1. The molecule has 0 aliphatic carbocycles. The molecule has 92 valence electrons. The molecule has 0 aliphatic heterocycles. The first-order chi connectivity index (χ1) is 8.66. The second-order valence-electron chi connectivity index (χ2n) is 3.67. The lowest BCUT2D eigenvalue weighted by Gasteiger charge is -2.04. The quantitative estimate of drug-likeness (QED) is 0.827. The van der Waals surface area contributed by atoms with Crippen LogP contribution >= 0.6 is 0 Å². The average Bonchev–Trinajstić information content (AvgIpc) is 2.38. The van der Waals surface area contributed by atoms with Gasteiger partial charge in [-0.2, -0.15) is 4.39 Å². The highest BCUT2D eigenvalue weighted by molar-refractivity contribution is 5.93. The van der Waals surface area contributed by atoms with Crippen molar-refractivity contribution < 1.29 is 9.18 Å². The van der Waals surface area contributed by atoms with Crippen molar-refractivity contribution >= 4 is 5.91 Å². The number of aromatic nitrogens is 3. The Kier molecular flexibility index (Phi) is 3.57. The van der Waals surface area contributed by atoms with E-state index < -0.39 is 11.9 Å². The second kappa shape index (κ2) is 5.31. The Balaban J connectivity index is 2.01. The SMILES string of the molecule is Cc1cnc(CNC(=O)c2cccnc2F)cn1. The topological polar surface area (TPSA) is 67.8 Å². The van der Waals surface area contributed by atoms with Crippen molar-refractivity contribution in [1.29, 1.82) is 0 Å². The van der Waals surface area contributed by atoms with Gasteiger partial charge in [-0.15, -0.1) is 0 Å². The summed E-state index contributed by atoms with van der Waals surface area (Å²) in [5.41, 5.74) is 1.32. The summed E-state index contributed by atoms with van der Waals surface area (Å²) in [6.45, 7) is 2.01. The van der Waals surface area contributed by atoms with E-state index in [2.05, 4.69) is 20.3 Å². The third-order valence-electron chi connectivity index (χ3n) is 2.27. The largest absolute Gasteiger partial charge is 0.346 e. The molecule has 2 aromatic heterocycles. The minimum Gasteiger partial charge on any atom is -0.346 e. The Bertz CT molecular complexity index is 556. The van der Waals surface area contributed by atoms with Crippen molar-refractivity contribution in [2.24, 2.45) is 0 Å². The Morgan fingerprint density at radius 1 is 1.33 bits per heavy atom. The molecule has 0 radical (unpaired) electrons. The molecule has 0 atom stereocenters. The standard InChI is InChI=1S/C12H11FN4O/c1-8-5-16-9(6-15-8)7-17-12(18)10-3-2-4-14-11(10)13/h2-6H,7H2,1H3,(H,17,18). The summed E-state index contributed by atoms with van der Waals surface area (Å²) in [6.07, 6.45) is 4.46. The summed E-state index contributed by atoms with van der Waals surface area (Å²) in [4.78, 5) is 23.2. The Morgan fingerprint density at radius 2 is 2.17 bits per heavy atom. The molecule has 0 spiro atoms. The van der Waals surface area contributed by atoms with E-state index in [9.17, 15) is 9.18 Å². The number of hydrogen-bond donors (Lipinski definition) is 1. The highest BCUT2D eigenvalue weighted by Crippen LogP contribution is 2.03. The summed E-state index contributed by atoms with van der Waals surface area (Å²) in [7, 11) is 0. The molecular weight excluding hydrogens is 235 g/mol. The molecule has 5 nitrogen and oxygen atoms in total. The number of aryl methyl sites for hydroxylation is 1. The van der Waals surface area contributed by atoms with Crippen LogP contribution < -0.4 is 5.32 Å². The van der Waals surface area contributed by atoms with E-state index in [1.165, 1.54) is 18.3 Å². The van der Waals surface area contributed by atoms with Gasteiger partial charge >= 0.3 is 0 Å². The van der Waals surface area contributed by atoms with Crippen molar-refractivity contribution in [2.75, 3.05) is 0 Å². The number of carbonyl (C=O) groups is 1. The van der Waals surface area contributed by atoms with Crippen LogP contribution in [0.4, 0.5) is 4.39 Å². The van der Waals surface area contributed by atoms with Crippen LogP contribution in [0, 0.1) is 12.9 Å². The summed E-state index contributed by atoms with van der Waals surface area (Å²) in [6, 6.07) is 2.88. The van der Waals surface area contributed by atoms with E-state index in [1.54, 1.807) is 12.4 Å². The number of carbonyl (C=O) groups excluding carboxylic acids is 1. The molecule has 0 saturated carbocycles. The predicted octanol–water partition coefficient (Wildman–Crippen LogP) is 1.25. The van der Waals surface area contributed by atoms with E-state index in [1.807, 2.05) is 6.92 Å². The first-order valence-corrected chi connectivity index (χ1v) is 5.33. The predicted molar refractivity (Wildman–Crippen MR) is 62.1 cm³/mol. The molecule has 2 rings (SSSR count). The van der Waals surface area contributed by atoms with Crippen LogP contribution in [0.5, 0.6) is 0 Å². The van der Waals surface area contributed by atoms with Crippen molar-refractivity contribution in [3.63, 3.8) is 0 Å². The lowest BCUT2D eigenvalue weighted by molar-refractivity contribution is 0.0945. The van der Waals surface area contributed by atoms with Crippen LogP contribution in [-0.4, -0.2) is 20.9 Å². The summed E-state index contributed by atoms with van der Waals surface area (Å²) >= 11 is 0. The van der Waals surface area contributed by atoms with E-state index in [4.69, 9.17) is 0 Å².